The van der Waals surface area contributed by atoms with Gasteiger partial charge in [0.05, 0.1) is 25.4 Å². The second-order valence-electron chi connectivity index (χ2n) is 25.3. The maximum Gasteiger partial charge on any atom is 0.305 e. The van der Waals surface area contributed by atoms with Gasteiger partial charge in [-0.3, -0.25) is 9.59 Å². The number of ether oxygens (including phenoxy) is 1. The first kappa shape index (κ1) is 79.1. The third kappa shape index (κ3) is 67.1. The van der Waals surface area contributed by atoms with Crippen LogP contribution in [0.4, 0.5) is 0 Å². The molecule has 0 aliphatic rings. The zero-order chi connectivity index (χ0) is 58.5. The Bertz CT molecular complexity index is 1310. The summed E-state index contributed by atoms with van der Waals surface area (Å²) in [5.74, 6) is -0.0224. The number of amides is 1. The molecule has 0 radical (unpaired) electrons. The van der Waals surface area contributed by atoms with Crippen molar-refractivity contribution in [3.05, 3.63) is 36.5 Å². The van der Waals surface area contributed by atoms with Crippen molar-refractivity contribution >= 4 is 11.9 Å². The molecule has 0 saturated heterocycles. The van der Waals surface area contributed by atoms with E-state index in [2.05, 4.69) is 55.6 Å². The molecule has 1 amide bonds. The Morgan fingerprint density at radius 3 is 0.975 bits per heavy atom. The lowest BCUT2D eigenvalue weighted by Crippen LogP contribution is -2.45. The van der Waals surface area contributed by atoms with E-state index in [4.69, 9.17) is 4.74 Å². The van der Waals surface area contributed by atoms with Gasteiger partial charge in [0, 0.05) is 12.8 Å². The van der Waals surface area contributed by atoms with Gasteiger partial charge < -0.3 is 20.3 Å². The molecule has 0 aromatic rings. The summed E-state index contributed by atoms with van der Waals surface area (Å²) in [7, 11) is 0. The smallest absolute Gasteiger partial charge is 0.305 e. The second kappa shape index (κ2) is 70.6. The summed E-state index contributed by atoms with van der Waals surface area (Å²) in [6.07, 6.45) is 90.6. The maximum absolute atomic E-state index is 12.5. The number of esters is 1. The molecule has 0 bridgehead atoms. The number of carbonyl (C=O) groups is 2. The highest BCUT2D eigenvalue weighted by molar-refractivity contribution is 5.76. The molecule has 2 unspecified atom stereocenters. The standard InChI is InChI=1S/C75H143NO5/c1-3-5-7-9-11-13-15-17-19-21-32-36-39-43-47-51-55-59-63-67-73(78)72(71-77)76-74(79)68-64-60-56-52-48-44-40-37-33-30-28-26-24-22-23-25-27-29-31-34-38-42-46-50-54-58-62-66-70-81-75(80)69-65-61-57-53-49-45-41-35-20-18-16-14-12-10-8-6-4-2/h12,14,18,20,22-23,72-73,77-78H,3-11,13,15-17,19,21,24-71H2,1-2H3,(H,76,79)/b14-12-,20-18-,23-22-. The summed E-state index contributed by atoms with van der Waals surface area (Å²) in [5.41, 5.74) is 0. The Morgan fingerprint density at radius 1 is 0.346 bits per heavy atom. The number of aliphatic hydroxyl groups is 2. The van der Waals surface area contributed by atoms with Gasteiger partial charge in [0.1, 0.15) is 0 Å². The summed E-state index contributed by atoms with van der Waals surface area (Å²) in [6, 6.07) is -0.542. The van der Waals surface area contributed by atoms with E-state index in [0.717, 1.165) is 51.4 Å². The number of hydrogen-bond donors (Lipinski definition) is 3. The van der Waals surface area contributed by atoms with Crippen molar-refractivity contribution in [1.82, 2.24) is 5.32 Å². The van der Waals surface area contributed by atoms with Crippen LogP contribution in [0.25, 0.3) is 0 Å². The van der Waals surface area contributed by atoms with Crippen LogP contribution in [0.5, 0.6) is 0 Å². The third-order valence-corrected chi connectivity index (χ3v) is 17.2. The largest absolute Gasteiger partial charge is 0.466 e. The molecule has 0 aromatic carbocycles. The fourth-order valence-corrected chi connectivity index (χ4v) is 11.6. The van der Waals surface area contributed by atoms with Crippen LogP contribution in [0.1, 0.15) is 406 Å². The fraction of sp³-hybridized carbons (Fsp3) is 0.893. The van der Waals surface area contributed by atoms with Gasteiger partial charge in [0.2, 0.25) is 5.91 Å². The predicted octanol–water partition coefficient (Wildman–Crippen LogP) is 23.9. The molecule has 0 aromatic heterocycles. The van der Waals surface area contributed by atoms with Crippen LogP contribution in [0.2, 0.25) is 0 Å². The van der Waals surface area contributed by atoms with Crippen LogP contribution in [-0.2, 0) is 14.3 Å². The number of unbranched alkanes of at least 4 members (excludes halogenated alkanes) is 52. The summed E-state index contributed by atoms with van der Waals surface area (Å²) in [6.45, 7) is 4.96. The van der Waals surface area contributed by atoms with Crippen LogP contribution in [0, 0.1) is 0 Å². The molecule has 81 heavy (non-hydrogen) atoms. The van der Waals surface area contributed by atoms with E-state index in [9.17, 15) is 19.8 Å². The molecule has 2 atom stereocenters. The molecular formula is C75H143NO5. The Labute approximate surface area is 506 Å². The first-order chi connectivity index (χ1) is 40.0. The SMILES string of the molecule is CCCCC/C=C\C/C=C\CCCCCCCCCC(=O)OCCCCCCCCCCCCCC/C=C\CCCCCCCCCCCCCCC(=O)NC(CO)C(O)CCCCCCCCCCCCCCCCCCCCC. The van der Waals surface area contributed by atoms with Crippen LogP contribution < -0.4 is 5.32 Å². The van der Waals surface area contributed by atoms with E-state index in [0.29, 0.717) is 25.9 Å². The van der Waals surface area contributed by atoms with Gasteiger partial charge >= 0.3 is 5.97 Å². The Morgan fingerprint density at radius 2 is 0.617 bits per heavy atom. The van der Waals surface area contributed by atoms with Gasteiger partial charge in [0.25, 0.3) is 0 Å². The van der Waals surface area contributed by atoms with Gasteiger partial charge in [-0.15, -0.1) is 0 Å². The highest BCUT2D eigenvalue weighted by atomic mass is 16.5. The van der Waals surface area contributed by atoms with Crippen molar-refractivity contribution in [2.75, 3.05) is 13.2 Å². The van der Waals surface area contributed by atoms with Gasteiger partial charge in [-0.05, 0) is 83.5 Å². The second-order valence-corrected chi connectivity index (χ2v) is 25.3. The number of carbonyl (C=O) groups excluding carboxylic acids is 2. The summed E-state index contributed by atoms with van der Waals surface area (Å²) in [5, 5.41) is 23.4. The number of aliphatic hydroxyl groups excluding tert-OH is 2. The van der Waals surface area contributed by atoms with Gasteiger partial charge in [-0.2, -0.15) is 0 Å². The van der Waals surface area contributed by atoms with Crippen molar-refractivity contribution in [1.29, 1.82) is 0 Å². The predicted molar refractivity (Wildman–Crippen MR) is 356 cm³/mol. The lowest BCUT2D eigenvalue weighted by Gasteiger charge is -2.22. The molecule has 0 rings (SSSR count). The molecule has 0 heterocycles. The average Bonchev–Trinajstić information content (AvgIpc) is 3.47. The highest BCUT2D eigenvalue weighted by Crippen LogP contribution is 2.19. The number of allylic oxidation sites excluding steroid dienone is 6. The van der Waals surface area contributed by atoms with Crippen LogP contribution in [0.15, 0.2) is 36.5 Å². The normalized spacial score (nSPS) is 12.7. The molecule has 0 saturated carbocycles. The fourth-order valence-electron chi connectivity index (χ4n) is 11.6. The topological polar surface area (TPSA) is 95.9 Å². The molecule has 6 nitrogen and oxygen atoms in total. The van der Waals surface area contributed by atoms with Crippen LogP contribution in [0.3, 0.4) is 0 Å². The Balaban J connectivity index is 3.38. The molecule has 3 N–H and O–H groups in total. The van der Waals surface area contributed by atoms with Crippen molar-refractivity contribution in [2.24, 2.45) is 0 Å². The van der Waals surface area contributed by atoms with E-state index in [1.165, 1.54) is 321 Å². The van der Waals surface area contributed by atoms with Crippen molar-refractivity contribution in [3.8, 4) is 0 Å². The molecule has 0 spiro atoms. The zero-order valence-electron chi connectivity index (χ0n) is 54.8. The molecule has 0 aliphatic heterocycles. The maximum atomic E-state index is 12.5. The number of nitrogens with one attached hydrogen (secondary N) is 1. The number of rotatable bonds is 69. The molecular weight excluding hydrogens is 995 g/mol. The van der Waals surface area contributed by atoms with E-state index in [-0.39, 0.29) is 18.5 Å². The van der Waals surface area contributed by atoms with Crippen LogP contribution >= 0.6 is 0 Å². The zero-order valence-corrected chi connectivity index (χ0v) is 54.8. The van der Waals surface area contributed by atoms with E-state index in [1.54, 1.807) is 0 Å². The molecule has 6 heteroatoms. The lowest BCUT2D eigenvalue weighted by molar-refractivity contribution is -0.143. The van der Waals surface area contributed by atoms with Gasteiger partial charge in [-0.1, -0.05) is 346 Å². The van der Waals surface area contributed by atoms with Gasteiger partial charge in [0.15, 0.2) is 0 Å². The first-order valence-electron chi connectivity index (χ1n) is 36.7. The summed E-state index contributed by atoms with van der Waals surface area (Å²) < 4.78 is 5.50. The van der Waals surface area contributed by atoms with E-state index >= 15 is 0 Å². The Kier molecular flexibility index (Phi) is 68.9. The van der Waals surface area contributed by atoms with Gasteiger partial charge in [-0.25, -0.2) is 0 Å². The minimum atomic E-state index is -0.665. The molecule has 0 aliphatic carbocycles. The first-order valence-corrected chi connectivity index (χ1v) is 36.7. The Hall–Kier alpha value is -1.92. The quantitative estimate of drug-likeness (QED) is 0.0320. The van der Waals surface area contributed by atoms with Crippen molar-refractivity contribution in [3.63, 3.8) is 0 Å². The minimum absolute atomic E-state index is 0.00866. The van der Waals surface area contributed by atoms with Crippen molar-refractivity contribution < 1.29 is 24.5 Å². The molecule has 0 fully saturated rings. The van der Waals surface area contributed by atoms with E-state index in [1.807, 2.05) is 0 Å². The average molecular weight is 1140 g/mol. The number of hydrogen-bond acceptors (Lipinski definition) is 5. The lowest BCUT2D eigenvalue weighted by atomic mass is 10.0. The summed E-state index contributed by atoms with van der Waals surface area (Å²) >= 11 is 0. The van der Waals surface area contributed by atoms with Crippen LogP contribution in [-0.4, -0.2) is 47.4 Å². The third-order valence-electron chi connectivity index (χ3n) is 17.2. The molecule has 478 valence electrons. The highest BCUT2D eigenvalue weighted by Gasteiger charge is 2.20. The summed E-state index contributed by atoms with van der Waals surface area (Å²) in [4.78, 5) is 24.6. The monoisotopic (exact) mass is 1140 g/mol. The van der Waals surface area contributed by atoms with E-state index < -0.39 is 12.1 Å². The van der Waals surface area contributed by atoms with Crippen molar-refractivity contribution in [2.45, 2.75) is 418 Å². The minimum Gasteiger partial charge on any atom is -0.466 e.